The molecule has 280 valence electrons. The van der Waals surface area contributed by atoms with Gasteiger partial charge in [0, 0.05) is 6.42 Å². The minimum Gasteiger partial charge on any atom is -0.394 e. The molecule has 0 saturated heterocycles. The summed E-state index contributed by atoms with van der Waals surface area (Å²) in [5, 5.41) is 23.1. The first kappa shape index (κ1) is 46.1. The van der Waals surface area contributed by atoms with E-state index in [0.717, 1.165) is 38.5 Å². The molecule has 0 aromatic carbocycles. The van der Waals surface area contributed by atoms with Gasteiger partial charge in [0.15, 0.2) is 0 Å². The van der Waals surface area contributed by atoms with E-state index in [1.54, 1.807) is 0 Å². The van der Waals surface area contributed by atoms with E-state index in [9.17, 15) is 15.0 Å². The molecule has 4 heteroatoms. The van der Waals surface area contributed by atoms with E-state index in [1.165, 1.54) is 173 Å². The average Bonchev–Trinajstić information content (AvgIpc) is 3.07. The van der Waals surface area contributed by atoms with Crippen LogP contribution in [0.5, 0.6) is 0 Å². The van der Waals surface area contributed by atoms with Crippen molar-refractivity contribution in [3.8, 4) is 0 Å². The Bertz CT molecular complexity index is 637. The number of carbonyl (C=O) groups excluding carboxylic acids is 1. The maximum Gasteiger partial charge on any atom is 0.220 e. The summed E-state index contributed by atoms with van der Waals surface area (Å²) in [6, 6.07) is -0.537. The maximum absolute atomic E-state index is 12.3. The highest BCUT2D eigenvalue weighted by atomic mass is 16.3. The second kappa shape index (κ2) is 39.6. The second-order valence-electron chi connectivity index (χ2n) is 14.8. The summed E-state index contributed by atoms with van der Waals surface area (Å²) in [6.45, 7) is 4.32. The van der Waals surface area contributed by atoms with Crippen molar-refractivity contribution in [2.75, 3.05) is 6.61 Å². The van der Waals surface area contributed by atoms with E-state index in [0.29, 0.717) is 12.8 Å². The Morgan fingerprint density at radius 2 is 0.830 bits per heavy atom. The molecule has 0 rings (SSSR count). The zero-order valence-electron chi connectivity index (χ0n) is 32.1. The molecule has 2 atom stereocenters. The lowest BCUT2D eigenvalue weighted by molar-refractivity contribution is -0.123. The van der Waals surface area contributed by atoms with Crippen LogP contribution in [-0.2, 0) is 4.79 Å². The van der Waals surface area contributed by atoms with Crippen LogP contribution in [0.25, 0.3) is 0 Å². The van der Waals surface area contributed by atoms with Crippen LogP contribution in [0.15, 0.2) is 12.2 Å². The lowest BCUT2D eigenvalue weighted by atomic mass is 10.0. The number of aliphatic hydroxyl groups excluding tert-OH is 2. The average molecular weight is 664 g/mol. The van der Waals surface area contributed by atoms with Gasteiger partial charge in [-0.15, -0.1) is 0 Å². The van der Waals surface area contributed by atoms with Crippen LogP contribution >= 0.6 is 0 Å². The van der Waals surface area contributed by atoms with Crippen molar-refractivity contribution in [1.82, 2.24) is 5.32 Å². The third-order valence-electron chi connectivity index (χ3n) is 10.0. The number of rotatable bonds is 39. The van der Waals surface area contributed by atoms with Gasteiger partial charge in [0.25, 0.3) is 0 Å². The van der Waals surface area contributed by atoms with Crippen LogP contribution in [0, 0.1) is 0 Å². The molecule has 0 aliphatic heterocycles. The highest BCUT2D eigenvalue weighted by Crippen LogP contribution is 2.17. The quantitative estimate of drug-likeness (QED) is 0.0453. The Kier molecular flexibility index (Phi) is 38.8. The Morgan fingerprint density at radius 1 is 0.489 bits per heavy atom. The molecule has 0 heterocycles. The molecule has 0 spiro atoms. The zero-order chi connectivity index (χ0) is 34.3. The summed E-state index contributed by atoms with van der Waals surface area (Å²) >= 11 is 0. The van der Waals surface area contributed by atoms with E-state index in [1.807, 2.05) is 0 Å². The summed E-state index contributed by atoms with van der Waals surface area (Å²) < 4.78 is 0. The molecule has 0 radical (unpaired) electrons. The van der Waals surface area contributed by atoms with E-state index < -0.39 is 12.1 Å². The summed E-state index contributed by atoms with van der Waals surface area (Å²) in [7, 11) is 0. The predicted octanol–water partition coefficient (Wildman–Crippen LogP) is 13.1. The van der Waals surface area contributed by atoms with Crippen molar-refractivity contribution in [3.63, 3.8) is 0 Å². The van der Waals surface area contributed by atoms with Gasteiger partial charge in [0.1, 0.15) is 0 Å². The van der Waals surface area contributed by atoms with Gasteiger partial charge < -0.3 is 15.5 Å². The van der Waals surface area contributed by atoms with Crippen LogP contribution in [0.3, 0.4) is 0 Å². The molecule has 0 aromatic rings. The number of hydrogen-bond donors (Lipinski definition) is 3. The molecule has 0 aromatic heterocycles. The van der Waals surface area contributed by atoms with Crippen molar-refractivity contribution >= 4 is 5.91 Å². The maximum atomic E-state index is 12.3. The molecule has 0 aliphatic carbocycles. The van der Waals surface area contributed by atoms with Gasteiger partial charge in [0.05, 0.1) is 18.8 Å². The van der Waals surface area contributed by atoms with Crippen molar-refractivity contribution in [2.45, 2.75) is 251 Å². The monoisotopic (exact) mass is 664 g/mol. The molecule has 2 unspecified atom stereocenters. The fourth-order valence-corrected chi connectivity index (χ4v) is 6.70. The van der Waals surface area contributed by atoms with Gasteiger partial charge in [-0.2, -0.15) is 0 Å². The van der Waals surface area contributed by atoms with E-state index in [2.05, 4.69) is 31.3 Å². The van der Waals surface area contributed by atoms with Crippen molar-refractivity contribution in [1.29, 1.82) is 0 Å². The molecule has 0 saturated carbocycles. The number of unbranched alkanes of at least 4 members (excludes halogenated alkanes) is 30. The molecular weight excluding hydrogens is 578 g/mol. The lowest BCUT2D eigenvalue weighted by Crippen LogP contribution is -2.45. The molecule has 1 amide bonds. The Morgan fingerprint density at radius 3 is 1.23 bits per heavy atom. The van der Waals surface area contributed by atoms with E-state index >= 15 is 0 Å². The molecule has 4 nitrogen and oxygen atoms in total. The fourth-order valence-electron chi connectivity index (χ4n) is 6.70. The van der Waals surface area contributed by atoms with Crippen LogP contribution in [0.4, 0.5) is 0 Å². The molecular formula is C43H85NO3. The third kappa shape index (κ3) is 36.2. The number of amides is 1. The first-order valence-electron chi connectivity index (χ1n) is 21.4. The van der Waals surface area contributed by atoms with Crippen molar-refractivity contribution in [2.24, 2.45) is 0 Å². The first-order chi connectivity index (χ1) is 23.2. The largest absolute Gasteiger partial charge is 0.394 e. The molecule has 0 fully saturated rings. The number of aliphatic hydroxyl groups is 2. The van der Waals surface area contributed by atoms with E-state index in [-0.39, 0.29) is 12.5 Å². The van der Waals surface area contributed by atoms with Crippen LogP contribution in [-0.4, -0.2) is 34.9 Å². The summed E-state index contributed by atoms with van der Waals surface area (Å²) in [5.41, 5.74) is 0. The van der Waals surface area contributed by atoms with Gasteiger partial charge >= 0.3 is 0 Å². The zero-order valence-corrected chi connectivity index (χ0v) is 32.1. The summed E-state index contributed by atoms with van der Waals surface area (Å²) in [6.07, 6.45) is 48.7. The van der Waals surface area contributed by atoms with Gasteiger partial charge in [-0.3, -0.25) is 4.79 Å². The third-order valence-corrected chi connectivity index (χ3v) is 10.0. The molecule has 3 N–H and O–H groups in total. The Hall–Kier alpha value is -0.870. The van der Waals surface area contributed by atoms with Crippen molar-refractivity contribution < 1.29 is 15.0 Å². The highest BCUT2D eigenvalue weighted by molar-refractivity contribution is 5.76. The fraction of sp³-hybridized carbons (Fsp3) is 0.930. The topological polar surface area (TPSA) is 69.6 Å². The number of hydrogen-bond acceptors (Lipinski definition) is 3. The van der Waals surface area contributed by atoms with E-state index in [4.69, 9.17) is 0 Å². The van der Waals surface area contributed by atoms with Gasteiger partial charge in [-0.05, 0) is 32.1 Å². The Balaban J connectivity index is 3.42. The number of carbonyl (C=O) groups is 1. The first-order valence-corrected chi connectivity index (χ1v) is 21.4. The second-order valence-corrected chi connectivity index (χ2v) is 14.8. The minimum atomic E-state index is -0.659. The minimum absolute atomic E-state index is 0.0441. The highest BCUT2D eigenvalue weighted by Gasteiger charge is 2.19. The van der Waals surface area contributed by atoms with Gasteiger partial charge in [0.2, 0.25) is 5.91 Å². The Labute approximate surface area is 295 Å². The normalized spacial score (nSPS) is 13.0. The van der Waals surface area contributed by atoms with Gasteiger partial charge in [-0.25, -0.2) is 0 Å². The molecule has 0 bridgehead atoms. The van der Waals surface area contributed by atoms with Crippen LogP contribution < -0.4 is 5.32 Å². The molecule has 47 heavy (non-hydrogen) atoms. The number of nitrogens with one attached hydrogen (secondary N) is 1. The van der Waals surface area contributed by atoms with Crippen LogP contribution in [0.1, 0.15) is 239 Å². The summed E-state index contributed by atoms with van der Waals surface area (Å²) in [5.74, 6) is -0.0441. The number of allylic oxidation sites excluding steroid dienone is 2. The predicted molar refractivity (Wildman–Crippen MR) is 207 cm³/mol. The van der Waals surface area contributed by atoms with Crippen LogP contribution in [0.2, 0.25) is 0 Å². The molecule has 0 aliphatic rings. The SMILES string of the molecule is CCCC/C=C\CCCCCCC(=O)NC(CO)C(O)CCCCCCCCCCCCCCCCCCCCCCCCCCC. The summed E-state index contributed by atoms with van der Waals surface area (Å²) in [4.78, 5) is 12.3. The van der Waals surface area contributed by atoms with Crippen molar-refractivity contribution in [3.05, 3.63) is 12.2 Å². The smallest absolute Gasteiger partial charge is 0.220 e. The standard InChI is InChI=1S/C43H85NO3/c1-3-5-7-9-11-13-15-16-17-18-19-20-21-22-23-24-25-26-27-28-29-30-32-34-36-38-42(46)41(40-45)44-43(47)39-37-35-33-31-14-12-10-8-6-4-2/h10,12,41-42,45-46H,3-9,11,13-40H2,1-2H3,(H,44,47)/b12-10-. The lowest BCUT2D eigenvalue weighted by Gasteiger charge is -2.22. The van der Waals surface area contributed by atoms with Gasteiger partial charge in [-0.1, -0.05) is 212 Å².